The van der Waals surface area contributed by atoms with Gasteiger partial charge in [-0.15, -0.1) is 10.2 Å². The number of nitriles is 1. The minimum absolute atomic E-state index is 0.314. The summed E-state index contributed by atoms with van der Waals surface area (Å²) in [6.07, 6.45) is 0.607. The average molecular weight is 381 g/mol. The van der Waals surface area contributed by atoms with Crippen molar-refractivity contribution in [1.82, 2.24) is 10.2 Å². The molecule has 0 N–H and O–H groups in total. The fourth-order valence-electron chi connectivity index (χ4n) is 2.52. The molecule has 0 radical (unpaired) electrons. The van der Waals surface area contributed by atoms with E-state index in [-0.39, 0.29) is 5.25 Å². The normalized spacial score (nSPS) is 11.6. The minimum atomic E-state index is -0.314. The first kappa shape index (κ1) is 18.8. The molecule has 0 saturated heterocycles. The first-order valence-corrected chi connectivity index (χ1v) is 9.18. The number of thioether (sulfide) groups is 1. The van der Waals surface area contributed by atoms with Gasteiger partial charge in [-0.25, -0.2) is 0 Å². The molecule has 0 unspecified atom stereocenters. The van der Waals surface area contributed by atoms with E-state index in [1.807, 2.05) is 37.3 Å². The number of ether oxygens (including phenoxy) is 2. The second-order valence-corrected chi connectivity index (χ2v) is 7.02. The molecule has 0 fully saturated rings. The first-order chi connectivity index (χ1) is 13.1. The molecule has 1 heterocycles. The Kier molecular flexibility index (Phi) is 5.99. The highest BCUT2D eigenvalue weighted by Crippen LogP contribution is 2.33. The Bertz CT molecular complexity index is 948. The van der Waals surface area contributed by atoms with Crippen LogP contribution in [-0.2, 0) is 6.42 Å². The molecule has 3 rings (SSSR count). The van der Waals surface area contributed by atoms with Crippen LogP contribution in [-0.4, -0.2) is 29.7 Å². The molecule has 0 aliphatic rings. The molecule has 0 aliphatic heterocycles. The van der Waals surface area contributed by atoms with Gasteiger partial charge < -0.3 is 13.9 Å². The quantitative estimate of drug-likeness (QED) is 0.565. The maximum absolute atomic E-state index is 9.46. The van der Waals surface area contributed by atoms with E-state index in [1.54, 1.807) is 26.4 Å². The first-order valence-electron chi connectivity index (χ1n) is 8.30. The third-order valence-electron chi connectivity index (χ3n) is 3.97. The molecule has 0 amide bonds. The van der Waals surface area contributed by atoms with Crippen molar-refractivity contribution in [3.8, 4) is 29.0 Å². The molecule has 7 heteroatoms. The van der Waals surface area contributed by atoms with Gasteiger partial charge in [-0.2, -0.15) is 5.26 Å². The number of nitrogens with zero attached hydrogens (tertiary/aromatic N) is 3. The van der Waals surface area contributed by atoms with E-state index in [0.717, 1.165) is 11.1 Å². The Morgan fingerprint density at radius 3 is 2.48 bits per heavy atom. The Hall–Kier alpha value is -2.98. The zero-order valence-corrected chi connectivity index (χ0v) is 16.1. The average Bonchev–Trinajstić information content (AvgIpc) is 3.17. The van der Waals surface area contributed by atoms with Gasteiger partial charge in [0.25, 0.3) is 5.22 Å². The third kappa shape index (κ3) is 4.60. The fourth-order valence-corrected chi connectivity index (χ4v) is 3.30. The van der Waals surface area contributed by atoms with Crippen molar-refractivity contribution in [3.05, 3.63) is 53.6 Å². The summed E-state index contributed by atoms with van der Waals surface area (Å²) >= 11 is 1.26. The van der Waals surface area contributed by atoms with Gasteiger partial charge in [0.15, 0.2) is 11.5 Å². The van der Waals surface area contributed by atoms with Gasteiger partial charge in [0.05, 0.1) is 20.3 Å². The molecule has 0 spiro atoms. The number of aromatic nitrogens is 2. The molecular weight excluding hydrogens is 362 g/mol. The van der Waals surface area contributed by atoms with Gasteiger partial charge in [-0.3, -0.25) is 0 Å². The number of methoxy groups -OCH3 is 2. The van der Waals surface area contributed by atoms with Crippen molar-refractivity contribution in [2.24, 2.45) is 0 Å². The summed E-state index contributed by atoms with van der Waals surface area (Å²) in [6.45, 7) is 2.04. The molecule has 1 atom stereocenters. The molecule has 0 saturated carbocycles. The van der Waals surface area contributed by atoms with Crippen LogP contribution < -0.4 is 9.47 Å². The van der Waals surface area contributed by atoms with Crippen molar-refractivity contribution in [2.75, 3.05) is 14.2 Å². The summed E-state index contributed by atoms with van der Waals surface area (Å²) in [5.41, 5.74) is 3.01. The van der Waals surface area contributed by atoms with Crippen molar-refractivity contribution in [3.63, 3.8) is 0 Å². The van der Waals surface area contributed by atoms with Crippen molar-refractivity contribution in [1.29, 1.82) is 5.26 Å². The number of aryl methyl sites for hydroxylation is 1. The van der Waals surface area contributed by atoms with Crippen LogP contribution in [0.2, 0.25) is 0 Å². The van der Waals surface area contributed by atoms with Crippen LogP contribution in [0.15, 0.2) is 52.1 Å². The molecule has 2 aromatic carbocycles. The van der Waals surface area contributed by atoms with E-state index >= 15 is 0 Å². The molecule has 0 bridgehead atoms. The van der Waals surface area contributed by atoms with Gasteiger partial charge in [-0.05, 0) is 48.9 Å². The van der Waals surface area contributed by atoms with Gasteiger partial charge in [0.2, 0.25) is 5.89 Å². The Morgan fingerprint density at radius 1 is 1.07 bits per heavy atom. The van der Waals surface area contributed by atoms with Crippen LogP contribution in [0.1, 0.15) is 11.1 Å². The van der Waals surface area contributed by atoms with Gasteiger partial charge in [0, 0.05) is 5.56 Å². The van der Waals surface area contributed by atoms with Crippen LogP contribution in [0.5, 0.6) is 11.5 Å². The smallest absolute Gasteiger partial charge is 0.278 e. The molecule has 6 nitrogen and oxygen atoms in total. The van der Waals surface area contributed by atoms with Gasteiger partial charge in [-0.1, -0.05) is 29.8 Å². The Balaban J connectivity index is 1.73. The predicted octanol–water partition coefficient (Wildman–Crippen LogP) is 4.29. The van der Waals surface area contributed by atoms with E-state index in [9.17, 15) is 5.26 Å². The maximum atomic E-state index is 9.46. The predicted molar refractivity (Wildman–Crippen MR) is 103 cm³/mol. The van der Waals surface area contributed by atoms with Crippen LogP contribution in [0.3, 0.4) is 0 Å². The van der Waals surface area contributed by atoms with E-state index in [0.29, 0.717) is 29.0 Å². The monoisotopic (exact) mass is 381 g/mol. The number of rotatable bonds is 7. The lowest BCUT2D eigenvalue weighted by atomic mass is 10.1. The topological polar surface area (TPSA) is 81.2 Å². The lowest BCUT2D eigenvalue weighted by molar-refractivity contribution is 0.355. The maximum Gasteiger partial charge on any atom is 0.278 e. The van der Waals surface area contributed by atoms with E-state index in [1.165, 1.54) is 17.3 Å². The molecule has 138 valence electrons. The second-order valence-electron chi connectivity index (χ2n) is 5.87. The highest BCUT2D eigenvalue weighted by atomic mass is 32.2. The van der Waals surface area contributed by atoms with Gasteiger partial charge >= 0.3 is 0 Å². The van der Waals surface area contributed by atoms with Crippen LogP contribution in [0.25, 0.3) is 11.5 Å². The SMILES string of the molecule is COc1ccc(-c2nnc(S[C@H](C#N)Cc3ccc(C)cc3)o2)cc1OC. The molecule has 27 heavy (non-hydrogen) atoms. The summed E-state index contributed by atoms with van der Waals surface area (Å²) in [5.74, 6) is 1.57. The summed E-state index contributed by atoms with van der Waals surface area (Å²) in [5, 5.41) is 17.6. The van der Waals surface area contributed by atoms with Crippen molar-refractivity contribution in [2.45, 2.75) is 23.8 Å². The highest BCUT2D eigenvalue weighted by Gasteiger charge is 2.17. The molecular formula is C20H19N3O3S. The zero-order valence-electron chi connectivity index (χ0n) is 15.3. The lowest BCUT2D eigenvalue weighted by Crippen LogP contribution is -2.03. The van der Waals surface area contributed by atoms with Crippen molar-refractivity contribution < 1.29 is 13.9 Å². The summed E-state index contributed by atoms with van der Waals surface area (Å²) < 4.78 is 16.3. The lowest BCUT2D eigenvalue weighted by Gasteiger charge is -2.07. The third-order valence-corrected chi connectivity index (χ3v) is 4.89. The molecule has 3 aromatic rings. The molecule has 1 aromatic heterocycles. The van der Waals surface area contributed by atoms with Crippen LogP contribution >= 0.6 is 11.8 Å². The van der Waals surface area contributed by atoms with Gasteiger partial charge in [0.1, 0.15) is 5.25 Å². The van der Waals surface area contributed by atoms with E-state index in [4.69, 9.17) is 13.9 Å². The second kappa shape index (κ2) is 8.60. The summed E-state index contributed by atoms with van der Waals surface area (Å²) in [6, 6.07) is 15.8. The fraction of sp³-hybridized carbons (Fsp3) is 0.250. The van der Waals surface area contributed by atoms with E-state index in [2.05, 4.69) is 16.3 Å². The largest absolute Gasteiger partial charge is 0.493 e. The summed E-state index contributed by atoms with van der Waals surface area (Å²) in [7, 11) is 3.15. The Morgan fingerprint density at radius 2 is 1.81 bits per heavy atom. The molecule has 0 aliphatic carbocycles. The standard InChI is InChI=1S/C20H19N3O3S/c1-13-4-6-14(7-5-13)10-16(12-21)27-20-23-22-19(26-20)15-8-9-17(24-2)18(11-15)25-3/h4-9,11,16H,10H2,1-3H3/t16-/m0/s1. The van der Waals surface area contributed by atoms with Crippen LogP contribution in [0.4, 0.5) is 0 Å². The summed E-state index contributed by atoms with van der Waals surface area (Å²) in [4.78, 5) is 0. The number of hydrogen-bond donors (Lipinski definition) is 0. The number of hydrogen-bond acceptors (Lipinski definition) is 7. The minimum Gasteiger partial charge on any atom is -0.493 e. The Labute approximate surface area is 162 Å². The van der Waals surface area contributed by atoms with Crippen molar-refractivity contribution >= 4 is 11.8 Å². The highest BCUT2D eigenvalue weighted by molar-refractivity contribution is 7.99. The zero-order chi connectivity index (χ0) is 19.2. The number of benzene rings is 2. The van der Waals surface area contributed by atoms with Crippen LogP contribution in [0, 0.1) is 18.3 Å². The van der Waals surface area contributed by atoms with E-state index < -0.39 is 0 Å².